The molecule has 4 aromatic rings. The molecular weight excluding hydrogens is 418 g/mol. The maximum atomic E-state index is 12.5. The Morgan fingerprint density at radius 2 is 1.48 bits per heavy atom. The van der Waals surface area contributed by atoms with Gasteiger partial charge in [-0.05, 0) is 75.4 Å². The monoisotopic (exact) mass is 443 g/mol. The van der Waals surface area contributed by atoms with Crippen LogP contribution in [0.5, 0.6) is 5.75 Å². The van der Waals surface area contributed by atoms with E-state index in [0.717, 1.165) is 22.8 Å². The predicted molar refractivity (Wildman–Crippen MR) is 129 cm³/mol. The number of hydrogen-bond acceptors (Lipinski definition) is 7. The summed E-state index contributed by atoms with van der Waals surface area (Å²) >= 11 is 0. The van der Waals surface area contributed by atoms with Crippen LogP contribution in [-0.2, 0) is 0 Å². The van der Waals surface area contributed by atoms with Crippen molar-refractivity contribution in [3.63, 3.8) is 0 Å². The highest BCUT2D eigenvalue weighted by Gasteiger charge is 2.13. The molecule has 3 N–H and O–H groups in total. The van der Waals surface area contributed by atoms with Crippen molar-refractivity contribution in [2.75, 3.05) is 23.1 Å². The second-order valence-corrected chi connectivity index (χ2v) is 7.56. The molecule has 0 spiro atoms. The highest BCUT2D eigenvalue weighted by molar-refractivity contribution is 6.05. The minimum atomic E-state index is -0.207. The number of nitrogens with zero attached hydrogens (tertiary/aromatic N) is 2. The van der Waals surface area contributed by atoms with Crippen LogP contribution in [0.3, 0.4) is 0 Å². The lowest BCUT2D eigenvalue weighted by molar-refractivity contribution is 0.102. The second-order valence-electron chi connectivity index (χ2n) is 7.56. The molecule has 0 aliphatic heterocycles. The number of anilines is 5. The summed E-state index contributed by atoms with van der Waals surface area (Å²) in [6, 6.07) is 18.5. The van der Waals surface area contributed by atoms with E-state index in [1.807, 2.05) is 68.4 Å². The number of aromatic nitrogens is 2. The summed E-state index contributed by atoms with van der Waals surface area (Å²) in [7, 11) is 1.63. The first-order valence-corrected chi connectivity index (χ1v) is 10.4. The van der Waals surface area contributed by atoms with E-state index in [0.29, 0.717) is 34.5 Å². The average Bonchev–Trinajstić information content (AvgIpc) is 3.13. The molecule has 33 heavy (non-hydrogen) atoms. The summed E-state index contributed by atoms with van der Waals surface area (Å²) in [5, 5.41) is 9.36. The Morgan fingerprint density at radius 1 is 0.848 bits per heavy atom. The average molecular weight is 444 g/mol. The van der Waals surface area contributed by atoms with Gasteiger partial charge in [-0.15, -0.1) is 0 Å². The van der Waals surface area contributed by atoms with Gasteiger partial charge in [-0.25, -0.2) is 4.98 Å². The van der Waals surface area contributed by atoms with E-state index in [1.165, 1.54) is 0 Å². The van der Waals surface area contributed by atoms with E-state index in [-0.39, 0.29) is 5.91 Å². The van der Waals surface area contributed by atoms with Gasteiger partial charge in [0.05, 0.1) is 12.7 Å². The largest absolute Gasteiger partial charge is 0.497 e. The molecule has 2 aromatic heterocycles. The highest BCUT2D eigenvalue weighted by atomic mass is 16.5. The maximum absolute atomic E-state index is 12.5. The SMILES string of the molecule is COc1ccc(Nc2cc(C)nc(Nc3ccc(NC(=O)c4cc(C)oc4C)cc3)n2)cc1. The van der Waals surface area contributed by atoms with Crippen molar-refractivity contribution in [3.05, 3.63) is 83.4 Å². The van der Waals surface area contributed by atoms with E-state index in [1.54, 1.807) is 20.1 Å². The first kappa shape index (κ1) is 21.9. The van der Waals surface area contributed by atoms with Gasteiger partial charge < -0.3 is 25.1 Å². The quantitative estimate of drug-likeness (QED) is 0.335. The van der Waals surface area contributed by atoms with Crippen molar-refractivity contribution in [2.45, 2.75) is 20.8 Å². The fraction of sp³-hybridized carbons (Fsp3) is 0.160. The second kappa shape index (κ2) is 9.44. The Bertz CT molecular complexity index is 1260. The zero-order valence-electron chi connectivity index (χ0n) is 18.9. The first-order chi connectivity index (χ1) is 15.9. The van der Waals surface area contributed by atoms with Crippen LogP contribution < -0.4 is 20.7 Å². The molecule has 168 valence electrons. The molecule has 1 amide bonds. The lowest BCUT2D eigenvalue weighted by Gasteiger charge is -2.11. The number of benzene rings is 2. The van der Waals surface area contributed by atoms with Crippen LogP contribution in [0.1, 0.15) is 27.6 Å². The fourth-order valence-electron chi connectivity index (χ4n) is 3.33. The summed E-state index contributed by atoms with van der Waals surface area (Å²) < 4.78 is 10.6. The van der Waals surface area contributed by atoms with E-state index >= 15 is 0 Å². The van der Waals surface area contributed by atoms with E-state index < -0.39 is 0 Å². The standard InChI is InChI=1S/C25H25N5O3/c1-15-13-23(27-18-9-11-21(32-4)12-10-18)30-25(26-15)29-20-7-5-19(6-8-20)28-24(31)22-14-16(2)33-17(22)3/h5-14H,1-4H3,(H,28,31)(H2,26,27,29,30). The maximum Gasteiger partial charge on any atom is 0.259 e. The molecule has 8 nitrogen and oxygen atoms in total. The molecule has 0 aliphatic rings. The molecule has 0 radical (unpaired) electrons. The van der Waals surface area contributed by atoms with Gasteiger partial charge in [0.2, 0.25) is 5.95 Å². The van der Waals surface area contributed by atoms with Gasteiger partial charge in [-0.1, -0.05) is 0 Å². The summed E-state index contributed by atoms with van der Waals surface area (Å²) in [6.45, 7) is 5.49. The first-order valence-electron chi connectivity index (χ1n) is 10.4. The number of carbonyl (C=O) groups is 1. The number of rotatable bonds is 7. The Kier molecular flexibility index (Phi) is 6.26. The number of amides is 1. The molecule has 0 fully saturated rings. The van der Waals surface area contributed by atoms with Gasteiger partial charge in [-0.2, -0.15) is 4.98 Å². The molecule has 2 aromatic carbocycles. The predicted octanol–water partition coefficient (Wildman–Crippen LogP) is 5.74. The van der Waals surface area contributed by atoms with Gasteiger partial charge in [-0.3, -0.25) is 4.79 Å². The van der Waals surface area contributed by atoms with Crippen molar-refractivity contribution in [1.82, 2.24) is 9.97 Å². The number of carbonyl (C=O) groups excluding carboxylic acids is 1. The van der Waals surface area contributed by atoms with Gasteiger partial charge in [0.25, 0.3) is 5.91 Å². The minimum Gasteiger partial charge on any atom is -0.497 e. The van der Waals surface area contributed by atoms with Crippen molar-refractivity contribution in [1.29, 1.82) is 0 Å². The summed E-state index contributed by atoms with van der Waals surface area (Å²) in [5.74, 6) is 3.02. The summed E-state index contributed by atoms with van der Waals surface area (Å²) in [5.41, 5.74) is 3.71. The van der Waals surface area contributed by atoms with Crippen LogP contribution in [0.4, 0.5) is 28.8 Å². The van der Waals surface area contributed by atoms with E-state index in [4.69, 9.17) is 9.15 Å². The minimum absolute atomic E-state index is 0.207. The van der Waals surface area contributed by atoms with Crippen molar-refractivity contribution >= 4 is 34.7 Å². The number of aryl methyl sites for hydroxylation is 3. The molecule has 0 aliphatic carbocycles. The zero-order valence-corrected chi connectivity index (χ0v) is 18.9. The molecule has 0 atom stereocenters. The van der Waals surface area contributed by atoms with Crippen molar-refractivity contribution < 1.29 is 13.9 Å². The summed E-state index contributed by atoms with van der Waals surface area (Å²) in [6.07, 6.45) is 0. The van der Waals surface area contributed by atoms with Gasteiger partial charge in [0, 0.05) is 28.8 Å². The van der Waals surface area contributed by atoms with Gasteiger partial charge in [0.15, 0.2) is 0 Å². The van der Waals surface area contributed by atoms with Crippen LogP contribution in [-0.4, -0.2) is 23.0 Å². The molecule has 0 saturated carbocycles. The lowest BCUT2D eigenvalue weighted by Crippen LogP contribution is -2.12. The van der Waals surface area contributed by atoms with Gasteiger partial charge >= 0.3 is 0 Å². The Hall–Kier alpha value is -4.33. The Labute approximate surface area is 192 Å². The third kappa shape index (κ3) is 5.48. The fourth-order valence-corrected chi connectivity index (χ4v) is 3.33. The Morgan fingerprint density at radius 3 is 2.12 bits per heavy atom. The van der Waals surface area contributed by atoms with Crippen LogP contribution in [0.15, 0.2) is 65.1 Å². The number of ether oxygens (including phenoxy) is 1. The van der Waals surface area contributed by atoms with Gasteiger partial charge in [0.1, 0.15) is 23.1 Å². The lowest BCUT2D eigenvalue weighted by atomic mass is 10.2. The van der Waals surface area contributed by atoms with E-state index in [2.05, 4.69) is 25.9 Å². The molecule has 0 saturated heterocycles. The summed E-state index contributed by atoms with van der Waals surface area (Å²) in [4.78, 5) is 21.5. The van der Waals surface area contributed by atoms with Crippen LogP contribution in [0.2, 0.25) is 0 Å². The molecule has 2 heterocycles. The number of furan rings is 1. The third-order valence-corrected chi connectivity index (χ3v) is 4.90. The zero-order chi connectivity index (χ0) is 23.4. The molecule has 0 unspecified atom stereocenters. The van der Waals surface area contributed by atoms with E-state index in [9.17, 15) is 4.79 Å². The third-order valence-electron chi connectivity index (χ3n) is 4.90. The number of methoxy groups -OCH3 is 1. The molecule has 8 heteroatoms. The van der Waals surface area contributed by atoms with Crippen LogP contribution in [0.25, 0.3) is 0 Å². The van der Waals surface area contributed by atoms with Crippen molar-refractivity contribution in [2.24, 2.45) is 0 Å². The topological polar surface area (TPSA) is 101 Å². The molecular formula is C25H25N5O3. The van der Waals surface area contributed by atoms with Crippen molar-refractivity contribution in [3.8, 4) is 5.75 Å². The normalized spacial score (nSPS) is 10.5. The number of hydrogen-bond donors (Lipinski definition) is 3. The van der Waals surface area contributed by atoms with Crippen LogP contribution in [0, 0.1) is 20.8 Å². The van der Waals surface area contributed by atoms with Crippen LogP contribution >= 0.6 is 0 Å². The molecule has 4 rings (SSSR count). The molecule has 0 bridgehead atoms. The Balaban J connectivity index is 1.43. The highest BCUT2D eigenvalue weighted by Crippen LogP contribution is 2.23. The number of nitrogens with one attached hydrogen (secondary N) is 3. The smallest absolute Gasteiger partial charge is 0.259 e.